The number of rotatable bonds is 3. The third-order valence-corrected chi connectivity index (χ3v) is 5.32. The van der Waals surface area contributed by atoms with Crippen LogP contribution < -0.4 is 14.3 Å². The molecule has 3 aromatic rings. The predicted molar refractivity (Wildman–Crippen MR) is 99.7 cm³/mol. The summed E-state index contributed by atoms with van der Waals surface area (Å²) in [5.74, 6) is 0.795. The highest BCUT2D eigenvalue weighted by molar-refractivity contribution is 7.16. The van der Waals surface area contributed by atoms with Crippen LogP contribution in [0.2, 0.25) is 0 Å². The highest BCUT2D eigenvalue weighted by atomic mass is 32.1. The molecule has 0 bridgehead atoms. The van der Waals surface area contributed by atoms with Crippen LogP contribution in [0.25, 0.3) is 10.2 Å². The van der Waals surface area contributed by atoms with E-state index in [1.807, 2.05) is 11.6 Å². The van der Waals surface area contributed by atoms with Crippen LogP contribution in [0, 0.1) is 13.8 Å². The predicted octanol–water partition coefficient (Wildman–Crippen LogP) is 3.61. The summed E-state index contributed by atoms with van der Waals surface area (Å²) in [5, 5.41) is 0. The van der Waals surface area contributed by atoms with Crippen molar-refractivity contribution in [3.05, 3.63) is 51.8 Å². The van der Waals surface area contributed by atoms with Gasteiger partial charge in [-0.15, -0.1) is 0 Å². The maximum absolute atomic E-state index is 12.6. The second-order valence-corrected chi connectivity index (χ2v) is 6.87. The van der Waals surface area contributed by atoms with E-state index >= 15 is 0 Å². The van der Waals surface area contributed by atoms with Crippen molar-refractivity contribution < 1.29 is 14.3 Å². The van der Waals surface area contributed by atoms with Crippen molar-refractivity contribution in [2.24, 2.45) is 12.0 Å². The van der Waals surface area contributed by atoms with Crippen molar-refractivity contribution >= 4 is 27.5 Å². The lowest BCUT2D eigenvalue weighted by Crippen LogP contribution is -2.13. The van der Waals surface area contributed by atoms with E-state index in [4.69, 9.17) is 9.47 Å². The normalized spacial score (nSPS) is 11.8. The lowest BCUT2D eigenvalue weighted by molar-refractivity contribution is 0.0997. The SMILES string of the molecule is COc1cc(OC)cc(C(=O)N=c2sc3c(C)cc(C)cc3n2C)c1. The van der Waals surface area contributed by atoms with Crippen molar-refractivity contribution in [3.63, 3.8) is 0 Å². The molecule has 0 radical (unpaired) electrons. The molecule has 3 rings (SSSR count). The molecule has 0 fully saturated rings. The van der Waals surface area contributed by atoms with Gasteiger partial charge in [0.1, 0.15) is 11.5 Å². The van der Waals surface area contributed by atoms with Crippen molar-refractivity contribution in [1.29, 1.82) is 0 Å². The zero-order valence-corrected chi connectivity index (χ0v) is 15.7. The van der Waals surface area contributed by atoms with Gasteiger partial charge in [0.15, 0.2) is 4.80 Å². The molecule has 130 valence electrons. The molecule has 0 spiro atoms. The van der Waals surface area contributed by atoms with Gasteiger partial charge in [0.25, 0.3) is 5.91 Å². The van der Waals surface area contributed by atoms with E-state index in [0.717, 1.165) is 10.2 Å². The minimum atomic E-state index is -0.325. The van der Waals surface area contributed by atoms with Crippen molar-refractivity contribution in [2.75, 3.05) is 14.2 Å². The average Bonchev–Trinajstić information content (AvgIpc) is 2.91. The van der Waals surface area contributed by atoms with Gasteiger partial charge in [0.05, 0.1) is 24.4 Å². The Morgan fingerprint density at radius 3 is 2.28 bits per heavy atom. The maximum atomic E-state index is 12.6. The molecule has 0 unspecified atom stereocenters. The topological polar surface area (TPSA) is 52.8 Å². The number of carbonyl (C=O) groups is 1. The third kappa shape index (κ3) is 3.30. The van der Waals surface area contributed by atoms with E-state index in [9.17, 15) is 4.79 Å². The van der Waals surface area contributed by atoms with E-state index in [0.29, 0.717) is 21.9 Å². The molecule has 25 heavy (non-hydrogen) atoms. The number of nitrogens with zero attached hydrogens (tertiary/aromatic N) is 2. The molecule has 0 aliphatic carbocycles. The van der Waals surface area contributed by atoms with Crippen molar-refractivity contribution in [3.8, 4) is 11.5 Å². The number of fused-ring (bicyclic) bond motifs is 1. The van der Waals surface area contributed by atoms with Crippen LogP contribution in [-0.4, -0.2) is 24.7 Å². The molecule has 5 nitrogen and oxygen atoms in total. The van der Waals surface area contributed by atoms with E-state index < -0.39 is 0 Å². The fourth-order valence-electron chi connectivity index (χ4n) is 2.76. The zero-order chi connectivity index (χ0) is 18.1. The number of aromatic nitrogens is 1. The number of thiazole rings is 1. The van der Waals surface area contributed by atoms with Crippen LogP contribution in [-0.2, 0) is 7.05 Å². The summed E-state index contributed by atoms with van der Waals surface area (Å²) in [6, 6.07) is 9.30. The molecular formula is C19H20N2O3S. The maximum Gasteiger partial charge on any atom is 0.279 e. The summed E-state index contributed by atoms with van der Waals surface area (Å²) < 4.78 is 13.5. The molecule has 0 saturated heterocycles. The van der Waals surface area contributed by atoms with Gasteiger partial charge < -0.3 is 14.0 Å². The molecule has 0 aliphatic rings. The standard InChI is InChI=1S/C19H20N2O3S/c1-11-6-12(2)17-16(7-11)21(3)19(25-17)20-18(22)13-8-14(23-4)10-15(9-13)24-5/h6-10H,1-5H3. The Hall–Kier alpha value is -2.60. The Bertz CT molecular complexity index is 1010. The van der Waals surface area contributed by atoms with Crippen LogP contribution in [0.4, 0.5) is 0 Å². The Balaban J connectivity index is 2.12. The molecule has 1 amide bonds. The Labute approximate surface area is 150 Å². The summed E-state index contributed by atoms with van der Waals surface area (Å²) in [7, 11) is 5.03. The monoisotopic (exact) mass is 356 g/mol. The quantitative estimate of drug-likeness (QED) is 0.720. The first-order valence-corrected chi connectivity index (χ1v) is 8.63. The van der Waals surface area contributed by atoms with E-state index in [-0.39, 0.29) is 5.91 Å². The Morgan fingerprint density at radius 2 is 1.68 bits per heavy atom. The van der Waals surface area contributed by atoms with Crippen LogP contribution in [0.3, 0.4) is 0 Å². The Kier molecular flexibility index (Phi) is 4.63. The fraction of sp³-hybridized carbons (Fsp3) is 0.263. The first kappa shape index (κ1) is 17.2. The van der Waals surface area contributed by atoms with Gasteiger partial charge in [0.2, 0.25) is 0 Å². The lowest BCUT2D eigenvalue weighted by atomic mass is 10.1. The zero-order valence-electron chi connectivity index (χ0n) is 14.9. The van der Waals surface area contributed by atoms with Crippen LogP contribution in [0.1, 0.15) is 21.5 Å². The molecule has 0 aliphatic heterocycles. The Morgan fingerprint density at radius 1 is 1.04 bits per heavy atom. The van der Waals surface area contributed by atoms with E-state index in [1.165, 1.54) is 22.5 Å². The second kappa shape index (κ2) is 6.72. The summed E-state index contributed by atoms with van der Waals surface area (Å²) in [6.45, 7) is 4.14. The summed E-state index contributed by atoms with van der Waals surface area (Å²) >= 11 is 1.52. The van der Waals surface area contributed by atoms with Gasteiger partial charge in [-0.1, -0.05) is 17.4 Å². The first-order chi connectivity index (χ1) is 11.9. The molecule has 0 N–H and O–H groups in total. The number of benzene rings is 2. The summed E-state index contributed by atoms with van der Waals surface area (Å²) in [5.41, 5.74) is 3.89. The number of carbonyl (C=O) groups excluding carboxylic acids is 1. The number of methoxy groups -OCH3 is 2. The second-order valence-electron chi connectivity index (χ2n) is 5.89. The minimum absolute atomic E-state index is 0.325. The molecule has 6 heteroatoms. The number of hydrogen-bond acceptors (Lipinski definition) is 4. The molecule has 1 aromatic heterocycles. The fourth-order valence-corrected chi connectivity index (χ4v) is 3.82. The smallest absolute Gasteiger partial charge is 0.279 e. The van der Waals surface area contributed by atoms with Crippen LogP contribution in [0.15, 0.2) is 35.3 Å². The highest BCUT2D eigenvalue weighted by Gasteiger charge is 2.11. The van der Waals surface area contributed by atoms with Crippen molar-refractivity contribution in [1.82, 2.24) is 4.57 Å². The first-order valence-electron chi connectivity index (χ1n) is 7.82. The van der Waals surface area contributed by atoms with Crippen molar-refractivity contribution in [2.45, 2.75) is 13.8 Å². The van der Waals surface area contributed by atoms with Gasteiger partial charge in [-0.05, 0) is 43.2 Å². The van der Waals surface area contributed by atoms with Crippen LogP contribution in [0.5, 0.6) is 11.5 Å². The molecule has 2 aromatic carbocycles. The number of amides is 1. The summed E-state index contributed by atoms with van der Waals surface area (Å²) in [6.07, 6.45) is 0. The minimum Gasteiger partial charge on any atom is -0.497 e. The summed E-state index contributed by atoms with van der Waals surface area (Å²) in [4.78, 5) is 17.6. The number of aryl methyl sites for hydroxylation is 3. The largest absolute Gasteiger partial charge is 0.497 e. The molecule has 1 heterocycles. The van der Waals surface area contributed by atoms with E-state index in [2.05, 4.69) is 31.0 Å². The van der Waals surface area contributed by atoms with Gasteiger partial charge in [0, 0.05) is 18.7 Å². The molecule has 0 saturated carbocycles. The van der Waals surface area contributed by atoms with Gasteiger partial charge in [-0.2, -0.15) is 4.99 Å². The average molecular weight is 356 g/mol. The van der Waals surface area contributed by atoms with Crippen LogP contribution >= 0.6 is 11.3 Å². The number of ether oxygens (including phenoxy) is 2. The lowest BCUT2D eigenvalue weighted by Gasteiger charge is -2.06. The van der Waals surface area contributed by atoms with E-state index in [1.54, 1.807) is 32.4 Å². The molecular weight excluding hydrogens is 336 g/mol. The third-order valence-electron chi connectivity index (χ3n) is 4.04. The highest BCUT2D eigenvalue weighted by Crippen LogP contribution is 2.24. The number of hydrogen-bond donors (Lipinski definition) is 0. The van der Waals surface area contributed by atoms with Gasteiger partial charge >= 0.3 is 0 Å². The van der Waals surface area contributed by atoms with Gasteiger partial charge in [-0.25, -0.2) is 0 Å². The molecule has 0 atom stereocenters. The van der Waals surface area contributed by atoms with Gasteiger partial charge in [-0.3, -0.25) is 4.79 Å².